The van der Waals surface area contributed by atoms with E-state index in [1.54, 1.807) is 6.20 Å². The Labute approximate surface area is 143 Å². The summed E-state index contributed by atoms with van der Waals surface area (Å²) in [5.41, 5.74) is 0.329. The molecule has 1 aliphatic rings. The van der Waals surface area contributed by atoms with E-state index in [1.165, 1.54) is 14.0 Å². The van der Waals surface area contributed by atoms with Crippen molar-refractivity contribution in [3.05, 3.63) is 26.6 Å². The predicted octanol–water partition coefficient (Wildman–Crippen LogP) is 2.67. The van der Waals surface area contributed by atoms with Crippen molar-refractivity contribution >= 4 is 21.9 Å². The summed E-state index contributed by atoms with van der Waals surface area (Å²) in [6.45, 7) is 6.57. The lowest BCUT2D eigenvalue weighted by atomic mass is 9.90. The molecule has 23 heavy (non-hydrogen) atoms. The predicted molar refractivity (Wildman–Crippen MR) is 88.7 cm³/mol. The van der Waals surface area contributed by atoms with Crippen LogP contribution in [-0.4, -0.2) is 30.4 Å². The molecule has 0 spiro atoms. The van der Waals surface area contributed by atoms with Crippen molar-refractivity contribution in [2.24, 2.45) is 5.92 Å². The van der Waals surface area contributed by atoms with E-state index in [-0.39, 0.29) is 23.2 Å². The van der Waals surface area contributed by atoms with Crippen LogP contribution < -0.4 is 10.2 Å². The average molecular weight is 388 g/mol. The third-order valence-corrected chi connectivity index (χ3v) is 4.54. The van der Waals surface area contributed by atoms with Crippen molar-refractivity contribution < 1.29 is 19.0 Å². The molecule has 6 nitrogen and oxygen atoms in total. The number of nitrogens with zero attached hydrogens (tertiary/aromatic N) is 1. The molecular formula is C16H22BrNO5. The Kier molecular flexibility index (Phi) is 5.86. The normalized spacial score (nSPS) is 23.3. The van der Waals surface area contributed by atoms with Crippen LogP contribution in [0.4, 0.5) is 0 Å². The second kappa shape index (κ2) is 7.49. The monoisotopic (exact) mass is 387 g/mol. The lowest BCUT2D eigenvalue weighted by Crippen LogP contribution is -2.41. The fourth-order valence-corrected chi connectivity index (χ4v) is 3.31. The number of carbonyl (C=O) groups excluding carboxylic acids is 1. The number of halogens is 1. The first-order chi connectivity index (χ1) is 10.9. The summed E-state index contributed by atoms with van der Waals surface area (Å²) >= 11 is 3.26. The SMILES string of the molecule is CCCOC1Cn2cc(Br)c(=O)c(OC)c2C(OC(C)=O)C1C. The number of esters is 1. The van der Waals surface area contributed by atoms with Crippen LogP contribution in [0.3, 0.4) is 0 Å². The maximum absolute atomic E-state index is 12.3. The van der Waals surface area contributed by atoms with Crippen LogP contribution in [0.15, 0.2) is 15.5 Å². The zero-order chi connectivity index (χ0) is 17.1. The molecule has 3 unspecified atom stereocenters. The van der Waals surface area contributed by atoms with Crippen molar-refractivity contribution in [1.82, 2.24) is 4.57 Å². The molecule has 3 atom stereocenters. The van der Waals surface area contributed by atoms with E-state index in [2.05, 4.69) is 15.9 Å². The van der Waals surface area contributed by atoms with Gasteiger partial charge in [-0.1, -0.05) is 13.8 Å². The first-order valence-electron chi connectivity index (χ1n) is 7.66. The first-order valence-corrected chi connectivity index (χ1v) is 8.45. The van der Waals surface area contributed by atoms with Crippen molar-refractivity contribution in [2.45, 2.75) is 45.9 Å². The Morgan fingerprint density at radius 2 is 2.17 bits per heavy atom. The second-order valence-electron chi connectivity index (χ2n) is 5.68. The third kappa shape index (κ3) is 3.61. The Hall–Kier alpha value is -1.34. The molecule has 0 aromatic carbocycles. The highest BCUT2D eigenvalue weighted by molar-refractivity contribution is 9.10. The molecule has 0 aliphatic carbocycles. The lowest BCUT2D eigenvalue weighted by Gasteiger charge is -2.38. The Bertz CT molecular complexity index is 642. The van der Waals surface area contributed by atoms with E-state index in [0.717, 1.165) is 6.42 Å². The van der Waals surface area contributed by atoms with Crippen molar-refractivity contribution in [2.75, 3.05) is 13.7 Å². The quantitative estimate of drug-likeness (QED) is 0.726. The van der Waals surface area contributed by atoms with Crippen LogP contribution in [0.25, 0.3) is 0 Å². The molecule has 2 rings (SSSR count). The van der Waals surface area contributed by atoms with Crippen LogP contribution in [0.2, 0.25) is 0 Å². The largest absolute Gasteiger partial charge is 0.491 e. The minimum atomic E-state index is -0.584. The van der Waals surface area contributed by atoms with Gasteiger partial charge < -0.3 is 18.8 Å². The average Bonchev–Trinajstić information content (AvgIpc) is 2.50. The van der Waals surface area contributed by atoms with E-state index in [4.69, 9.17) is 14.2 Å². The molecular weight excluding hydrogens is 366 g/mol. The summed E-state index contributed by atoms with van der Waals surface area (Å²) in [6, 6.07) is 0. The summed E-state index contributed by atoms with van der Waals surface area (Å²) in [6.07, 6.45) is 1.92. The molecule has 128 valence electrons. The van der Waals surface area contributed by atoms with Crippen LogP contribution in [0.1, 0.15) is 39.0 Å². The topological polar surface area (TPSA) is 66.8 Å². The Morgan fingerprint density at radius 1 is 1.48 bits per heavy atom. The Morgan fingerprint density at radius 3 is 2.74 bits per heavy atom. The molecule has 2 heterocycles. The van der Waals surface area contributed by atoms with Gasteiger partial charge in [-0.05, 0) is 22.4 Å². The van der Waals surface area contributed by atoms with Crippen LogP contribution in [0, 0.1) is 5.92 Å². The number of hydrogen-bond acceptors (Lipinski definition) is 5. The zero-order valence-corrected chi connectivity index (χ0v) is 15.4. The molecule has 0 radical (unpaired) electrons. The summed E-state index contributed by atoms with van der Waals surface area (Å²) < 4.78 is 19.0. The maximum Gasteiger partial charge on any atom is 0.303 e. The van der Waals surface area contributed by atoms with E-state index in [0.29, 0.717) is 23.3 Å². The van der Waals surface area contributed by atoms with Gasteiger partial charge in [0.1, 0.15) is 5.69 Å². The van der Waals surface area contributed by atoms with E-state index in [1.807, 2.05) is 18.4 Å². The molecule has 0 saturated carbocycles. The van der Waals surface area contributed by atoms with Gasteiger partial charge in [0.15, 0.2) is 11.9 Å². The van der Waals surface area contributed by atoms with Crippen molar-refractivity contribution in [3.8, 4) is 5.75 Å². The highest BCUT2D eigenvalue weighted by Gasteiger charge is 2.39. The van der Waals surface area contributed by atoms with E-state index >= 15 is 0 Å². The molecule has 0 N–H and O–H groups in total. The summed E-state index contributed by atoms with van der Waals surface area (Å²) in [4.78, 5) is 23.8. The molecule has 0 saturated heterocycles. The van der Waals surface area contributed by atoms with Gasteiger partial charge in [-0.2, -0.15) is 0 Å². The van der Waals surface area contributed by atoms with Crippen LogP contribution in [0.5, 0.6) is 5.75 Å². The number of hydrogen-bond donors (Lipinski definition) is 0. The van der Waals surface area contributed by atoms with Gasteiger partial charge in [-0.3, -0.25) is 9.59 Å². The van der Waals surface area contributed by atoms with Crippen molar-refractivity contribution in [1.29, 1.82) is 0 Å². The van der Waals surface area contributed by atoms with Crippen LogP contribution >= 0.6 is 15.9 Å². The van der Waals surface area contributed by atoms with E-state index in [9.17, 15) is 9.59 Å². The minimum absolute atomic E-state index is 0.0834. The van der Waals surface area contributed by atoms with E-state index < -0.39 is 12.1 Å². The number of rotatable bonds is 5. The summed E-state index contributed by atoms with van der Waals surface area (Å²) in [7, 11) is 1.44. The van der Waals surface area contributed by atoms with Crippen LogP contribution in [-0.2, 0) is 20.8 Å². The fourth-order valence-electron chi connectivity index (χ4n) is 2.88. The number of fused-ring (bicyclic) bond motifs is 1. The summed E-state index contributed by atoms with van der Waals surface area (Å²) in [5.74, 6) is -0.284. The second-order valence-corrected chi connectivity index (χ2v) is 6.53. The number of aromatic nitrogens is 1. The van der Waals surface area contributed by atoms with Gasteiger partial charge >= 0.3 is 5.97 Å². The summed E-state index contributed by atoms with van der Waals surface area (Å²) in [5, 5.41) is 0. The van der Waals surface area contributed by atoms with Gasteiger partial charge in [0, 0.05) is 32.2 Å². The smallest absolute Gasteiger partial charge is 0.303 e. The fraction of sp³-hybridized carbons (Fsp3) is 0.625. The number of pyridine rings is 1. The molecule has 0 amide bonds. The molecule has 1 aromatic heterocycles. The van der Waals surface area contributed by atoms with Gasteiger partial charge in [0.05, 0.1) is 17.7 Å². The highest BCUT2D eigenvalue weighted by atomic mass is 79.9. The number of carbonyl (C=O) groups is 1. The molecule has 7 heteroatoms. The van der Waals surface area contributed by atoms with Gasteiger partial charge in [0.2, 0.25) is 5.43 Å². The molecule has 1 aliphatic heterocycles. The standard InChI is InChI=1S/C16H22BrNO5/c1-5-6-22-12-8-18-7-11(17)14(20)16(21-4)13(18)15(9(12)2)23-10(3)19/h7,9,12,15H,5-6,8H2,1-4H3. The zero-order valence-electron chi connectivity index (χ0n) is 13.8. The first kappa shape index (κ1) is 18.0. The van der Waals surface area contributed by atoms with Crippen molar-refractivity contribution in [3.63, 3.8) is 0 Å². The minimum Gasteiger partial charge on any atom is -0.491 e. The maximum atomic E-state index is 12.3. The van der Waals surface area contributed by atoms with Gasteiger partial charge in [-0.15, -0.1) is 0 Å². The lowest BCUT2D eigenvalue weighted by molar-refractivity contribution is -0.156. The Balaban J connectivity index is 2.54. The molecule has 0 bridgehead atoms. The van der Waals surface area contributed by atoms with Gasteiger partial charge in [0.25, 0.3) is 0 Å². The molecule has 0 fully saturated rings. The number of ether oxygens (including phenoxy) is 3. The molecule has 1 aromatic rings. The highest BCUT2D eigenvalue weighted by Crippen LogP contribution is 2.39. The van der Waals surface area contributed by atoms with Gasteiger partial charge in [-0.25, -0.2) is 0 Å². The third-order valence-electron chi connectivity index (χ3n) is 3.98. The number of methoxy groups -OCH3 is 1.